The summed E-state index contributed by atoms with van der Waals surface area (Å²) in [7, 11) is 0. The Morgan fingerprint density at radius 2 is 1.85 bits per heavy atom. The summed E-state index contributed by atoms with van der Waals surface area (Å²) < 4.78 is 2.15. The van der Waals surface area contributed by atoms with Gasteiger partial charge in [0.05, 0.1) is 0 Å². The number of rotatable bonds is 3. The third-order valence-corrected chi connectivity index (χ3v) is 4.56. The Labute approximate surface area is 121 Å². The van der Waals surface area contributed by atoms with E-state index in [2.05, 4.69) is 72.5 Å². The van der Waals surface area contributed by atoms with Crippen LogP contribution in [0.5, 0.6) is 0 Å². The van der Waals surface area contributed by atoms with Crippen molar-refractivity contribution >= 4 is 5.69 Å². The molecule has 1 heterocycles. The maximum atomic E-state index is 3.75. The predicted molar refractivity (Wildman–Crippen MR) is 85.4 cm³/mol. The molecule has 1 aliphatic carbocycles. The lowest BCUT2D eigenvalue weighted by Crippen LogP contribution is -2.33. The van der Waals surface area contributed by atoms with E-state index < -0.39 is 0 Å². The SMILES string of the molecule is CC1CCC(C)C(Nc2cccc(-n3cccc3)c2)C1. The summed E-state index contributed by atoms with van der Waals surface area (Å²) in [6, 6.07) is 13.4. The van der Waals surface area contributed by atoms with Gasteiger partial charge >= 0.3 is 0 Å². The first kappa shape index (κ1) is 13.3. The number of anilines is 1. The van der Waals surface area contributed by atoms with Crippen molar-refractivity contribution in [1.82, 2.24) is 4.57 Å². The molecule has 1 fully saturated rings. The van der Waals surface area contributed by atoms with E-state index in [-0.39, 0.29) is 0 Å². The van der Waals surface area contributed by atoms with Crippen LogP contribution in [0.1, 0.15) is 33.1 Å². The molecule has 3 rings (SSSR count). The fourth-order valence-electron chi connectivity index (χ4n) is 3.21. The Hall–Kier alpha value is -1.70. The first-order chi connectivity index (χ1) is 9.72. The molecule has 1 saturated carbocycles. The van der Waals surface area contributed by atoms with Crippen molar-refractivity contribution in [2.24, 2.45) is 11.8 Å². The van der Waals surface area contributed by atoms with E-state index in [0.29, 0.717) is 6.04 Å². The summed E-state index contributed by atoms with van der Waals surface area (Å²) in [6.45, 7) is 4.75. The van der Waals surface area contributed by atoms with Gasteiger partial charge in [-0.2, -0.15) is 0 Å². The molecule has 0 radical (unpaired) electrons. The standard InChI is InChI=1S/C18H24N2/c1-14-8-9-15(2)18(12-14)19-16-6-5-7-17(13-16)20-10-3-4-11-20/h3-7,10-11,13-15,18-19H,8-9,12H2,1-2H3. The molecule has 106 valence electrons. The average Bonchev–Trinajstić information content (AvgIpc) is 2.97. The van der Waals surface area contributed by atoms with Crippen LogP contribution in [0.3, 0.4) is 0 Å². The van der Waals surface area contributed by atoms with Crippen molar-refractivity contribution in [2.45, 2.75) is 39.2 Å². The molecule has 0 spiro atoms. The predicted octanol–water partition coefficient (Wildman–Crippen LogP) is 4.71. The number of hydrogen-bond acceptors (Lipinski definition) is 1. The van der Waals surface area contributed by atoms with Gasteiger partial charge in [0.25, 0.3) is 0 Å². The molecule has 3 atom stereocenters. The molecule has 2 aromatic rings. The topological polar surface area (TPSA) is 17.0 Å². The van der Waals surface area contributed by atoms with Crippen LogP contribution in [-0.4, -0.2) is 10.6 Å². The zero-order chi connectivity index (χ0) is 13.9. The molecule has 1 aliphatic rings. The lowest BCUT2D eigenvalue weighted by Gasteiger charge is -2.34. The van der Waals surface area contributed by atoms with Crippen molar-refractivity contribution in [3.05, 3.63) is 48.8 Å². The van der Waals surface area contributed by atoms with Gasteiger partial charge in [-0.3, -0.25) is 0 Å². The van der Waals surface area contributed by atoms with E-state index in [1.54, 1.807) is 0 Å². The van der Waals surface area contributed by atoms with Crippen LogP contribution in [-0.2, 0) is 0 Å². The molecule has 1 N–H and O–H groups in total. The van der Waals surface area contributed by atoms with E-state index in [1.807, 2.05) is 0 Å². The molecule has 1 aromatic carbocycles. The Balaban J connectivity index is 1.76. The van der Waals surface area contributed by atoms with Gasteiger partial charge < -0.3 is 9.88 Å². The molecular weight excluding hydrogens is 244 g/mol. The van der Waals surface area contributed by atoms with Crippen molar-refractivity contribution in [3.63, 3.8) is 0 Å². The van der Waals surface area contributed by atoms with Crippen LogP contribution >= 0.6 is 0 Å². The minimum absolute atomic E-state index is 0.610. The van der Waals surface area contributed by atoms with Gasteiger partial charge in [0, 0.05) is 29.8 Å². The normalized spacial score (nSPS) is 26.4. The van der Waals surface area contributed by atoms with Crippen molar-refractivity contribution in [1.29, 1.82) is 0 Å². The zero-order valence-electron chi connectivity index (χ0n) is 12.4. The second-order valence-electron chi connectivity index (χ2n) is 6.29. The van der Waals surface area contributed by atoms with Crippen LogP contribution in [0.4, 0.5) is 5.69 Å². The highest BCUT2D eigenvalue weighted by Crippen LogP contribution is 2.31. The van der Waals surface area contributed by atoms with Gasteiger partial charge in [0.15, 0.2) is 0 Å². The van der Waals surface area contributed by atoms with E-state index in [1.165, 1.54) is 30.6 Å². The third-order valence-electron chi connectivity index (χ3n) is 4.56. The number of aromatic nitrogens is 1. The molecule has 1 aromatic heterocycles. The number of hydrogen-bond donors (Lipinski definition) is 1. The number of benzene rings is 1. The zero-order valence-corrected chi connectivity index (χ0v) is 12.4. The van der Waals surface area contributed by atoms with E-state index in [0.717, 1.165) is 11.8 Å². The summed E-state index contributed by atoms with van der Waals surface area (Å²) in [5.74, 6) is 1.61. The van der Waals surface area contributed by atoms with Crippen molar-refractivity contribution in [2.75, 3.05) is 5.32 Å². The largest absolute Gasteiger partial charge is 0.382 e. The lowest BCUT2D eigenvalue weighted by molar-refractivity contribution is 0.281. The van der Waals surface area contributed by atoms with Gasteiger partial charge in [0.1, 0.15) is 0 Å². The Morgan fingerprint density at radius 1 is 1.05 bits per heavy atom. The van der Waals surface area contributed by atoms with Gasteiger partial charge in [-0.25, -0.2) is 0 Å². The molecule has 2 nitrogen and oxygen atoms in total. The highest BCUT2D eigenvalue weighted by atomic mass is 15.0. The van der Waals surface area contributed by atoms with E-state index in [9.17, 15) is 0 Å². The molecule has 0 amide bonds. The molecule has 20 heavy (non-hydrogen) atoms. The van der Waals surface area contributed by atoms with Crippen LogP contribution in [0.2, 0.25) is 0 Å². The van der Waals surface area contributed by atoms with Gasteiger partial charge in [-0.15, -0.1) is 0 Å². The Morgan fingerprint density at radius 3 is 2.65 bits per heavy atom. The first-order valence-corrected chi connectivity index (χ1v) is 7.72. The van der Waals surface area contributed by atoms with Gasteiger partial charge in [0.2, 0.25) is 0 Å². The van der Waals surface area contributed by atoms with Crippen LogP contribution in [0.25, 0.3) is 5.69 Å². The Kier molecular flexibility index (Phi) is 3.81. The van der Waals surface area contributed by atoms with Crippen LogP contribution < -0.4 is 5.32 Å². The molecule has 0 bridgehead atoms. The number of nitrogens with one attached hydrogen (secondary N) is 1. The third kappa shape index (κ3) is 2.90. The minimum atomic E-state index is 0.610. The minimum Gasteiger partial charge on any atom is -0.382 e. The summed E-state index contributed by atoms with van der Waals surface area (Å²) in [5, 5.41) is 3.75. The van der Waals surface area contributed by atoms with Gasteiger partial charge in [-0.1, -0.05) is 26.3 Å². The quantitative estimate of drug-likeness (QED) is 0.852. The molecular formula is C18H24N2. The van der Waals surface area contributed by atoms with Crippen LogP contribution in [0.15, 0.2) is 48.8 Å². The second kappa shape index (κ2) is 5.74. The fourth-order valence-corrected chi connectivity index (χ4v) is 3.21. The summed E-state index contributed by atoms with van der Waals surface area (Å²) >= 11 is 0. The smallest absolute Gasteiger partial charge is 0.0469 e. The Bertz CT molecular complexity index is 544. The maximum absolute atomic E-state index is 3.75. The molecule has 0 aliphatic heterocycles. The van der Waals surface area contributed by atoms with Gasteiger partial charge in [-0.05, 0) is 55.0 Å². The summed E-state index contributed by atoms with van der Waals surface area (Å²) in [6.07, 6.45) is 8.18. The van der Waals surface area contributed by atoms with E-state index in [4.69, 9.17) is 0 Å². The van der Waals surface area contributed by atoms with Crippen molar-refractivity contribution in [3.8, 4) is 5.69 Å². The highest BCUT2D eigenvalue weighted by Gasteiger charge is 2.25. The fraction of sp³-hybridized carbons (Fsp3) is 0.444. The van der Waals surface area contributed by atoms with E-state index >= 15 is 0 Å². The average molecular weight is 268 g/mol. The summed E-state index contributed by atoms with van der Waals surface area (Å²) in [4.78, 5) is 0. The molecule has 3 unspecified atom stereocenters. The number of nitrogens with zero attached hydrogens (tertiary/aromatic N) is 1. The lowest BCUT2D eigenvalue weighted by atomic mass is 9.80. The summed E-state index contributed by atoms with van der Waals surface area (Å²) in [5.41, 5.74) is 2.46. The maximum Gasteiger partial charge on any atom is 0.0469 e. The first-order valence-electron chi connectivity index (χ1n) is 7.72. The highest BCUT2D eigenvalue weighted by molar-refractivity contribution is 5.52. The molecule has 2 heteroatoms. The monoisotopic (exact) mass is 268 g/mol. The van der Waals surface area contributed by atoms with Crippen molar-refractivity contribution < 1.29 is 0 Å². The molecule has 0 saturated heterocycles. The second-order valence-corrected chi connectivity index (χ2v) is 6.29. The van der Waals surface area contributed by atoms with Crippen LogP contribution in [0, 0.1) is 11.8 Å².